The summed E-state index contributed by atoms with van der Waals surface area (Å²) in [6, 6.07) is 0. The zero-order valence-electron chi connectivity index (χ0n) is 3.83. The predicted molar refractivity (Wildman–Crippen MR) is 21.2 cm³/mol. The van der Waals surface area contributed by atoms with E-state index >= 15 is 0 Å². The lowest BCUT2D eigenvalue weighted by atomic mass is 10.3. The zero-order chi connectivity index (χ0) is 5.70. The maximum atomic E-state index is 11.1. The topological polar surface area (TPSA) is 0 Å². The maximum Gasteiger partial charge on any atom is 0.238 e. The van der Waals surface area contributed by atoms with Gasteiger partial charge < -0.3 is 0 Å². The average Bonchev–Trinajstić information content (AvgIpc) is 1.61. The predicted octanol–water partition coefficient (Wildman–Crippen LogP) is 2.00. The van der Waals surface area contributed by atoms with Gasteiger partial charge in [-0.1, -0.05) is 0 Å². The molecular formula is C4H7F3. The molecule has 0 saturated heterocycles. The van der Waals surface area contributed by atoms with Gasteiger partial charge in [-0.3, -0.25) is 4.39 Å². The molecule has 0 spiro atoms. The van der Waals surface area contributed by atoms with Crippen molar-refractivity contribution in [1.82, 2.24) is 0 Å². The minimum atomic E-state index is -2.34. The van der Waals surface area contributed by atoms with Gasteiger partial charge in [0.05, 0.1) is 6.67 Å². The molecule has 0 saturated carbocycles. The molecule has 0 atom stereocenters. The molecule has 0 aromatic rings. The molecule has 0 bridgehead atoms. The van der Waals surface area contributed by atoms with Gasteiger partial charge in [-0.2, -0.15) is 0 Å². The fourth-order valence-corrected chi connectivity index (χ4v) is 0.231. The van der Waals surface area contributed by atoms with E-state index < -0.39 is 13.1 Å². The molecule has 0 aromatic carbocycles. The molecule has 0 unspecified atom stereocenters. The Morgan fingerprint density at radius 2 is 1.86 bits per heavy atom. The zero-order valence-corrected chi connectivity index (χ0v) is 3.83. The van der Waals surface area contributed by atoms with Crippen LogP contribution in [-0.4, -0.2) is 13.1 Å². The Morgan fingerprint density at radius 1 is 1.29 bits per heavy atom. The van der Waals surface area contributed by atoms with E-state index in [-0.39, 0.29) is 12.8 Å². The fraction of sp³-hybridized carbons (Fsp3) is 1.00. The normalized spacial score (nSPS) is 10.3. The first kappa shape index (κ1) is 6.79. The Balaban J connectivity index is 2.68. The third-order valence-corrected chi connectivity index (χ3v) is 0.556. The van der Waals surface area contributed by atoms with Crippen molar-refractivity contribution < 1.29 is 13.2 Å². The molecule has 0 heterocycles. The number of hydrogen-bond acceptors (Lipinski definition) is 0. The molecule has 0 rings (SSSR count). The van der Waals surface area contributed by atoms with Crippen LogP contribution in [0.4, 0.5) is 13.2 Å². The number of rotatable bonds is 3. The summed E-state index contributed by atoms with van der Waals surface area (Å²) in [7, 11) is 0. The first-order valence-electron chi connectivity index (χ1n) is 2.11. The Morgan fingerprint density at radius 3 is 2.00 bits per heavy atom. The highest BCUT2D eigenvalue weighted by Gasteiger charge is 1.98. The SMILES string of the molecule is FCCCC(F)F. The van der Waals surface area contributed by atoms with Gasteiger partial charge >= 0.3 is 0 Å². The van der Waals surface area contributed by atoms with Gasteiger partial charge in [0.1, 0.15) is 0 Å². The minimum absolute atomic E-state index is 0.0162. The third-order valence-electron chi connectivity index (χ3n) is 0.556. The molecule has 0 nitrogen and oxygen atoms in total. The summed E-state index contributed by atoms with van der Waals surface area (Å²) in [5, 5.41) is 0. The Labute approximate surface area is 40.3 Å². The highest BCUT2D eigenvalue weighted by molar-refractivity contribution is 4.38. The van der Waals surface area contributed by atoms with Crippen LogP contribution in [0, 0.1) is 0 Å². The van der Waals surface area contributed by atoms with Crippen LogP contribution in [0.2, 0.25) is 0 Å². The van der Waals surface area contributed by atoms with Crippen LogP contribution < -0.4 is 0 Å². The van der Waals surface area contributed by atoms with E-state index in [0.29, 0.717) is 0 Å². The van der Waals surface area contributed by atoms with E-state index in [9.17, 15) is 13.2 Å². The van der Waals surface area contributed by atoms with Crippen molar-refractivity contribution >= 4 is 0 Å². The van der Waals surface area contributed by atoms with Gasteiger partial charge in [-0.05, 0) is 6.42 Å². The number of halogens is 3. The summed E-state index contributed by atoms with van der Waals surface area (Å²) < 4.78 is 33.1. The summed E-state index contributed by atoms with van der Waals surface area (Å²) in [4.78, 5) is 0. The first-order chi connectivity index (χ1) is 3.27. The number of alkyl halides is 3. The van der Waals surface area contributed by atoms with E-state index in [1.807, 2.05) is 0 Å². The second-order valence-electron chi connectivity index (χ2n) is 1.22. The third kappa shape index (κ3) is 5.79. The van der Waals surface area contributed by atoms with Gasteiger partial charge in [0.25, 0.3) is 0 Å². The molecule has 0 N–H and O–H groups in total. The smallest absolute Gasteiger partial charge is 0.238 e. The second-order valence-corrected chi connectivity index (χ2v) is 1.22. The number of hydrogen-bond donors (Lipinski definition) is 0. The second kappa shape index (κ2) is 3.96. The summed E-state index contributed by atoms with van der Waals surface area (Å²) in [5.74, 6) is 0. The Hall–Kier alpha value is -0.210. The quantitative estimate of drug-likeness (QED) is 0.523. The molecule has 0 aliphatic carbocycles. The summed E-state index contributed by atoms with van der Waals surface area (Å²) in [6.07, 6.45) is -2.66. The average molecular weight is 112 g/mol. The maximum absolute atomic E-state index is 11.1. The lowest BCUT2D eigenvalue weighted by Crippen LogP contribution is -1.89. The van der Waals surface area contributed by atoms with Crippen LogP contribution in [0.25, 0.3) is 0 Å². The van der Waals surface area contributed by atoms with Crippen LogP contribution in [0.1, 0.15) is 12.8 Å². The van der Waals surface area contributed by atoms with Gasteiger partial charge in [-0.15, -0.1) is 0 Å². The summed E-state index contributed by atoms with van der Waals surface area (Å²) in [5.41, 5.74) is 0. The summed E-state index contributed by atoms with van der Waals surface area (Å²) in [6.45, 7) is -0.635. The molecule has 7 heavy (non-hydrogen) atoms. The van der Waals surface area contributed by atoms with Gasteiger partial charge in [0, 0.05) is 6.42 Å². The largest absolute Gasteiger partial charge is 0.251 e. The van der Waals surface area contributed by atoms with Gasteiger partial charge in [-0.25, -0.2) is 8.78 Å². The molecule has 0 fully saturated rings. The lowest BCUT2D eigenvalue weighted by Gasteiger charge is -1.90. The highest BCUT2D eigenvalue weighted by Crippen LogP contribution is 2.01. The first-order valence-corrected chi connectivity index (χ1v) is 2.11. The molecule has 0 radical (unpaired) electrons. The molecule has 0 aliphatic rings. The highest BCUT2D eigenvalue weighted by atomic mass is 19.3. The Bertz CT molecular complexity index is 35.9. The van der Waals surface area contributed by atoms with E-state index in [1.54, 1.807) is 0 Å². The molecule has 44 valence electrons. The van der Waals surface area contributed by atoms with Crippen molar-refractivity contribution in [1.29, 1.82) is 0 Å². The fourth-order valence-electron chi connectivity index (χ4n) is 0.231. The van der Waals surface area contributed by atoms with Crippen molar-refractivity contribution in [3.63, 3.8) is 0 Å². The minimum Gasteiger partial charge on any atom is -0.251 e. The Kier molecular flexibility index (Phi) is 3.84. The van der Waals surface area contributed by atoms with Crippen LogP contribution in [0.5, 0.6) is 0 Å². The molecule has 0 aromatic heterocycles. The monoisotopic (exact) mass is 112 g/mol. The molecular weight excluding hydrogens is 105 g/mol. The van der Waals surface area contributed by atoms with E-state index in [4.69, 9.17) is 0 Å². The summed E-state index contributed by atoms with van der Waals surface area (Å²) >= 11 is 0. The van der Waals surface area contributed by atoms with Crippen molar-refractivity contribution in [2.75, 3.05) is 6.67 Å². The van der Waals surface area contributed by atoms with E-state index in [0.717, 1.165) is 0 Å². The van der Waals surface area contributed by atoms with Gasteiger partial charge in [0.15, 0.2) is 0 Å². The van der Waals surface area contributed by atoms with Crippen molar-refractivity contribution in [3.8, 4) is 0 Å². The molecule has 0 aliphatic heterocycles. The van der Waals surface area contributed by atoms with E-state index in [2.05, 4.69) is 0 Å². The molecule has 3 heteroatoms. The van der Waals surface area contributed by atoms with Crippen molar-refractivity contribution in [2.24, 2.45) is 0 Å². The van der Waals surface area contributed by atoms with Crippen molar-refractivity contribution in [3.05, 3.63) is 0 Å². The van der Waals surface area contributed by atoms with Crippen LogP contribution in [0.15, 0.2) is 0 Å². The lowest BCUT2D eigenvalue weighted by molar-refractivity contribution is 0.131. The standard InChI is InChI=1S/C4H7F3/c5-3-1-2-4(6)7/h4H,1-3H2. The van der Waals surface area contributed by atoms with Crippen LogP contribution in [0.3, 0.4) is 0 Å². The van der Waals surface area contributed by atoms with Crippen LogP contribution in [-0.2, 0) is 0 Å². The van der Waals surface area contributed by atoms with Crippen LogP contribution >= 0.6 is 0 Å². The van der Waals surface area contributed by atoms with Crippen molar-refractivity contribution in [2.45, 2.75) is 19.3 Å². The molecule has 0 amide bonds. The van der Waals surface area contributed by atoms with Gasteiger partial charge in [0.2, 0.25) is 6.43 Å². The van der Waals surface area contributed by atoms with E-state index in [1.165, 1.54) is 0 Å².